The summed E-state index contributed by atoms with van der Waals surface area (Å²) in [5.41, 5.74) is 0.556. The summed E-state index contributed by atoms with van der Waals surface area (Å²) in [6.45, 7) is 0. The molecule has 1 aromatic carbocycles. The molecule has 0 heterocycles. The Morgan fingerprint density at radius 2 is 1.94 bits per heavy atom. The summed E-state index contributed by atoms with van der Waals surface area (Å²) < 4.78 is 4.96. The summed E-state index contributed by atoms with van der Waals surface area (Å²) in [6.07, 6.45) is 0. The summed E-state index contributed by atoms with van der Waals surface area (Å²) in [5, 5.41) is 4.53. The van der Waals surface area contributed by atoms with Crippen LogP contribution in [0.4, 0.5) is 10.5 Å². The lowest BCUT2D eigenvalue weighted by Gasteiger charge is -2.06. The average Bonchev–Trinajstić information content (AvgIpc) is 2.29. The summed E-state index contributed by atoms with van der Waals surface area (Å²) >= 11 is 5.23. The van der Waals surface area contributed by atoms with Crippen molar-refractivity contribution in [3.05, 3.63) is 24.3 Å². The number of imide groups is 1. The Morgan fingerprint density at radius 1 is 1.31 bits per heavy atom. The maximum atomic E-state index is 11.2. The molecule has 0 bridgehead atoms. The number of nitrogens with one attached hydrogen (secondary N) is 2. The Kier molecular flexibility index (Phi) is 4.60. The van der Waals surface area contributed by atoms with Gasteiger partial charge in [0.05, 0.1) is 7.11 Å². The van der Waals surface area contributed by atoms with Crippen molar-refractivity contribution in [3.8, 4) is 5.75 Å². The number of halogens is 1. The molecule has 2 N–H and O–H groups in total. The van der Waals surface area contributed by atoms with Crippen molar-refractivity contribution in [1.29, 1.82) is 0 Å². The second-order valence-corrected chi connectivity index (χ2v) is 3.13. The van der Waals surface area contributed by atoms with E-state index >= 15 is 0 Å². The minimum Gasteiger partial charge on any atom is -0.497 e. The molecule has 0 spiro atoms. The van der Waals surface area contributed by atoms with Gasteiger partial charge in [-0.3, -0.25) is 10.1 Å². The quantitative estimate of drug-likeness (QED) is 0.791. The first kappa shape index (κ1) is 12.3. The Hall–Kier alpha value is -1.75. The van der Waals surface area contributed by atoms with Crippen LogP contribution in [-0.4, -0.2) is 24.9 Å². The molecule has 1 aromatic rings. The molecule has 6 heteroatoms. The Labute approximate surface area is 97.7 Å². The number of anilines is 1. The number of carbonyl (C=O) groups is 2. The van der Waals surface area contributed by atoms with Crippen molar-refractivity contribution in [1.82, 2.24) is 5.32 Å². The second kappa shape index (κ2) is 5.97. The van der Waals surface area contributed by atoms with Crippen molar-refractivity contribution in [2.45, 2.75) is 0 Å². The van der Waals surface area contributed by atoms with E-state index in [1.807, 2.05) is 0 Å². The molecule has 0 fully saturated rings. The van der Waals surface area contributed by atoms with Crippen LogP contribution in [0.25, 0.3) is 0 Å². The third-order valence-corrected chi connectivity index (χ3v) is 1.96. The highest BCUT2D eigenvalue weighted by Crippen LogP contribution is 2.14. The van der Waals surface area contributed by atoms with E-state index in [0.717, 1.165) is 0 Å². The van der Waals surface area contributed by atoms with Crippen LogP contribution in [0.1, 0.15) is 0 Å². The zero-order valence-corrected chi connectivity index (χ0v) is 9.38. The first-order valence-corrected chi connectivity index (χ1v) is 5.00. The van der Waals surface area contributed by atoms with Gasteiger partial charge in [-0.1, -0.05) is 0 Å². The molecule has 0 saturated carbocycles. The number of carbonyl (C=O) groups excluding carboxylic acids is 2. The van der Waals surface area contributed by atoms with Gasteiger partial charge in [-0.15, -0.1) is 11.6 Å². The third kappa shape index (κ3) is 3.78. The van der Waals surface area contributed by atoms with Crippen molar-refractivity contribution in [2.24, 2.45) is 0 Å². The zero-order valence-electron chi connectivity index (χ0n) is 8.62. The maximum Gasteiger partial charge on any atom is 0.325 e. The summed E-state index contributed by atoms with van der Waals surface area (Å²) in [4.78, 5) is 22.0. The van der Waals surface area contributed by atoms with Gasteiger partial charge in [0.15, 0.2) is 0 Å². The number of urea groups is 1. The lowest BCUT2D eigenvalue weighted by Crippen LogP contribution is -2.35. The molecule has 0 aliphatic rings. The largest absolute Gasteiger partial charge is 0.497 e. The Bertz CT molecular complexity index is 378. The lowest BCUT2D eigenvalue weighted by atomic mass is 10.3. The Balaban J connectivity index is 2.52. The zero-order chi connectivity index (χ0) is 12.0. The van der Waals surface area contributed by atoms with Gasteiger partial charge in [-0.2, -0.15) is 0 Å². The van der Waals surface area contributed by atoms with Crippen LogP contribution in [0.2, 0.25) is 0 Å². The molecule has 0 radical (unpaired) electrons. The molecule has 3 amide bonds. The summed E-state index contributed by atoms with van der Waals surface area (Å²) in [5.74, 6) is -0.119. The molecular formula is C10H11ClN2O3. The van der Waals surface area contributed by atoms with E-state index < -0.39 is 11.9 Å². The number of hydrogen-bond donors (Lipinski definition) is 2. The van der Waals surface area contributed by atoms with Gasteiger partial charge >= 0.3 is 6.03 Å². The van der Waals surface area contributed by atoms with Gasteiger partial charge in [0.2, 0.25) is 5.91 Å². The molecule has 16 heavy (non-hydrogen) atoms. The van der Waals surface area contributed by atoms with Crippen LogP contribution in [0.3, 0.4) is 0 Å². The number of amides is 3. The van der Waals surface area contributed by atoms with E-state index in [4.69, 9.17) is 16.3 Å². The van der Waals surface area contributed by atoms with Gasteiger partial charge in [-0.05, 0) is 24.3 Å². The fourth-order valence-corrected chi connectivity index (χ4v) is 1.06. The topological polar surface area (TPSA) is 67.4 Å². The summed E-state index contributed by atoms with van der Waals surface area (Å²) in [7, 11) is 1.55. The summed E-state index contributed by atoms with van der Waals surface area (Å²) in [6, 6.07) is 6.08. The Morgan fingerprint density at radius 3 is 2.44 bits per heavy atom. The van der Waals surface area contributed by atoms with Crippen molar-refractivity contribution in [2.75, 3.05) is 18.3 Å². The van der Waals surface area contributed by atoms with E-state index in [1.54, 1.807) is 31.4 Å². The second-order valence-electron chi connectivity index (χ2n) is 2.86. The van der Waals surface area contributed by atoms with Gasteiger partial charge in [-0.25, -0.2) is 4.79 Å². The molecule has 0 atom stereocenters. The van der Waals surface area contributed by atoms with Crippen molar-refractivity contribution >= 4 is 29.2 Å². The molecule has 86 valence electrons. The predicted molar refractivity (Wildman–Crippen MR) is 60.9 cm³/mol. The SMILES string of the molecule is COc1ccc(NC(=O)NC(=O)CCl)cc1. The van der Waals surface area contributed by atoms with Crippen LogP contribution in [-0.2, 0) is 4.79 Å². The van der Waals surface area contributed by atoms with E-state index in [1.165, 1.54) is 0 Å². The highest BCUT2D eigenvalue weighted by atomic mass is 35.5. The number of benzene rings is 1. The number of hydrogen-bond acceptors (Lipinski definition) is 3. The number of alkyl halides is 1. The van der Waals surface area contributed by atoms with E-state index in [2.05, 4.69) is 10.6 Å². The van der Waals surface area contributed by atoms with Crippen LogP contribution < -0.4 is 15.4 Å². The predicted octanol–water partition coefficient (Wildman–Crippen LogP) is 1.58. The monoisotopic (exact) mass is 242 g/mol. The molecule has 0 aromatic heterocycles. The maximum absolute atomic E-state index is 11.2. The number of methoxy groups -OCH3 is 1. The molecule has 1 rings (SSSR count). The minimum absolute atomic E-state index is 0.254. The highest BCUT2D eigenvalue weighted by Gasteiger charge is 2.05. The first-order chi connectivity index (χ1) is 7.65. The molecule has 5 nitrogen and oxygen atoms in total. The van der Waals surface area contributed by atoms with Gasteiger partial charge in [0, 0.05) is 5.69 Å². The number of ether oxygens (including phenoxy) is 1. The highest BCUT2D eigenvalue weighted by molar-refractivity contribution is 6.28. The van der Waals surface area contributed by atoms with Gasteiger partial charge in [0.25, 0.3) is 0 Å². The van der Waals surface area contributed by atoms with Crippen LogP contribution in [0, 0.1) is 0 Å². The molecular weight excluding hydrogens is 232 g/mol. The van der Waals surface area contributed by atoms with Gasteiger partial charge in [0.1, 0.15) is 11.6 Å². The van der Waals surface area contributed by atoms with Crippen LogP contribution in [0.15, 0.2) is 24.3 Å². The third-order valence-electron chi connectivity index (χ3n) is 1.72. The van der Waals surface area contributed by atoms with E-state index in [0.29, 0.717) is 11.4 Å². The van der Waals surface area contributed by atoms with Crippen LogP contribution in [0.5, 0.6) is 5.75 Å². The normalized spacial score (nSPS) is 9.38. The molecule has 0 unspecified atom stereocenters. The fourth-order valence-electron chi connectivity index (χ4n) is 0.997. The lowest BCUT2D eigenvalue weighted by molar-refractivity contribution is -0.117. The molecule has 0 aliphatic heterocycles. The van der Waals surface area contributed by atoms with Crippen molar-refractivity contribution in [3.63, 3.8) is 0 Å². The smallest absolute Gasteiger partial charge is 0.325 e. The molecule has 0 aliphatic carbocycles. The van der Waals surface area contributed by atoms with E-state index in [-0.39, 0.29) is 5.88 Å². The average molecular weight is 243 g/mol. The standard InChI is InChI=1S/C10H11ClN2O3/c1-16-8-4-2-7(3-5-8)12-10(15)13-9(14)6-11/h2-5H,6H2,1H3,(H2,12,13,14,15). The van der Waals surface area contributed by atoms with Gasteiger partial charge < -0.3 is 10.1 Å². The minimum atomic E-state index is -0.615. The first-order valence-electron chi connectivity index (χ1n) is 4.46. The van der Waals surface area contributed by atoms with Crippen molar-refractivity contribution < 1.29 is 14.3 Å². The van der Waals surface area contributed by atoms with E-state index in [9.17, 15) is 9.59 Å². The molecule has 0 saturated heterocycles. The van der Waals surface area contributed by atoms with Crippen LogP contribution >= 0.6 is 11.6 Å². The fraction of sp³-hybridized carbons (Fsp3) is 0.200. The number of rotatable bonds is 3.